The first kappa shape index (κ1) is 25.6. The number of aromatic amines is 1. The average Bonchev–Trinajstić information content (AvgIpc) is 3.52. The molecule has 14 nitrogen and oxygen atoms in total. The van der Waals surface area contributed by atoms with Crippen molar-refractivity contribution in [2.24, 2.45) is 10.9 Å². The Morgan fingerprint density at radius 1 is 1.14 bits per heavy atom. The third kappa shape index (κ3) is 5.68. The van der Waals surface area contributed by atoms with Crippen LogP contribution in [0, 0.1) is 0 Å². The maximum absolute atomic E-state index is 13.3. The Bertz CT molecular complexity index is 1280. The van der Waals surface area contributed by atoms with Gasteiger partial charge < -0.3 is 16.4 Å². The van der Waals surface area contributed by atoms with E-state index in [1.54, 1.807) is 6.07 Å². The SMILES string of the molecule is NCC(=O)NC1CCC[C@@H](c2ccc(S(=O)(=O)NC3CCNC3)c(S(N)(=O)=O)c2-c2nn[nH]n2)C1. The molecule has 2 aliphatic rings. The van der Waals surface area contributed by atoms with E-state index in [0.29, 0.717) is 37.9 Å². The smallest absolute Gasteiger partial charge is 0.242 e. The number of primary sulfonamides is 1. The fraction of sp³-hybridized carbons (Fsp3) is 0.579. The van der Waals surface area contributed by atoms with Crippen LogP contribution in [0.1, 0.15) is 43.6 Å². The van der Waals surface area contributed by atoms with Gasteiger partial charge in [0.25, 0.3) is 0 Å². The first-order valence-corrected chi connectivity index (χ1v) is 14.3. The molecule has 2 aromatic rings. The standard InChI is InChI=1S/C19H29N9O5S2/c20-9-16(29)23-12-3-1-2-11(8-12)14-4-5-15(35(32,33)26-13-6-7-22-10-13)18(34(21,30)31)17(14)19-24-27-28-25-19/h4-5,11-13,22,26H,1-3,6-10,20H2,(H,23,29)(H2,21,30,31)(H,24,25,27,28)/t11-,12?,13?/m1/s1. The summed E-state index contributed by atoms with van der Waals surface area (Å²) in [6.07, 6.45) is 3.25. The van der Waals surface area contributed by atoms with Crippen molar-refractivity contribution < 1.29 is 21.6 Å². The molecule has 192 valence electrons. The minimum Gasteiger partial charge on any atom is -0.352 e. The van der Waals surface area contributed by atoms with Crippen molar-refractivity contribution >= 4 is 26.0 Å². The molecule has 1 saturated carbocycles. The molecule has 2 fully saturated rings. The van der Waals surface area contributed by atoms with Gasteiger partial charge in [0.15, 0.2) is 0 Å². The minimum absolute atomic E-state index is 0.00975. The zero-order chi connectivity index (χ0) is 25.2. The summed E-state index contributed by atoms with van der Waals surface area (Å²) < 4.78 is 54.8. The van der Waals surface area contributed by atoms with Crippen molar-refractivity contribution in [1.82, 2.24) is 36.0 Å². The van der Waals surface area contributed by atoms with Crippen molar-refractivity contribution in [1.29, 1.82) is 0 Å². The monoisotopic (exact) mass is 527 g/mol. The highest BCUT2D eigenvalue weighted by molar-refractivity contribution is 7.92. The molecule has 2 unspecified atom stereocenters. The second kappa shape index (κ2) is 10.2. The number of benzene rings is 1. The van der Waals surface area contributed by atoms with Gasteiger partial charge in [0.05, 0.1) is 6.54 Å². The first-order chi connectivity index (χ1) is 16.6. The van der Waals surface area contributed by atoms with Crippen LogP contribution in [0.5, 0.6) is 0 Å². The minimum atomic E-state index is -4.55. The van der Waals surface area contributed by atoms with Crippen molar-refractivity contribution in [3.05, 3.63) is 17.7 Å². The number of nitrogens with one attached hydrogen (secondary N) is 4. The molecule has 1 aromatic heterocycles. The fourth-order valence-electron chi connectivity index (χ4n) is 4.84. The molecule has 0 spiro atoms. The number of aromatic nitrogens is 4. The molecule has 1 saturated heterocycles. The fourth-order valence-corrected chi connectivity index (χ4v) is 7.72. The lowest BCUT2D eigenvalue weighted by Gasteiger charge is -2.31. The quantitative estimate of drug-likeness (QED) is 0.227. The molecule has 35 heavy (non-hydrogen) atoms. The van der Waals surface area contributed by atoms with E-state index < -0.39 is 29.8 Å². The highest BCUT2D eigenvalue weighted by atomic mass is 32.2. The summed E-state index contributed by atoms with van der Waals surface area (Å²) in [5.74, 6) is -0.588. The number of amides is 1. The van der Waals surface area contributed by atoms with Crippen LogP contribution in [0.15, 0.2) is 21.9 Å². The van der Waals surface area contributed by atoms with Crippen LogP contribution in [-0.4, -0.2) is 75.1 Å². The van der Waals surface area contributed by atoms with Gasteiger partial charge in [-0.05, 0) is 55.0 Å². The number of rotatable bonds is 8. The summed E-state index contributed by atoms with van der Waals surface area (Å²) in [5.41, 5.74) is 5.93. The van der Waals surface area contributed by atoms with Gasteiger partial charge >= 0.3 is 0 Å². The summed E-state index contributed by atoms with van der Waals surface area (Å²) in [6, 6.07) is 2.28. The van der Waals surface area contributed by atoms with E-state index in [9.17, 15) is 21.6 Å². The number of nitrogens with two attached hydrogens (primary N) is 2. The number of hydrogen-bond acceptors (Lipinski definition) is 10. The zero-order valence-corrected chi connectivity index (χ0v) is 20.5. The largest absolute Gasteiger partial charge is 0.352 e. The second-order valence-electron chi connectivity index (χ2n) is 8.78. The average molecular weight is 528 g/mol. The van der Waals surface area contributed by atoms with E-state index in [2.05, 4.69) is 36.0 Å². The summed E-state index contributed by atoms with van der Waals surface area (Å²) in [6.45, 7) is 0.935. The molecular weight excluding hydrogens is 498 g/mol. The van der Waals surface area contributed by atoms with Crippen molar-refractivity contribution in [2.75, 3.05) is 19.6 Å². The lowest BCUT2D eigenvalue weighted by molar-refractivity contribution is -0.120. The van der Waals surface area contributed by atoms with Crippen LogP contribution in [0.4, 0.5) is 0 Å². The lowest BCUT2D eigenvalue weighted by atomic mass is 9.79. The molecule has 0 bridgehead atoms. The third-order valence-corrected chi connectivity index (χ3v) is 9.03. The van der Waals surface area contributed by atoms with E-state index in [-0.39, 0.29) is 41.8 Å². The van der Waals surface area contributed by atoms with E-state index in [1.807, 2.05) is 0 Å². The normalized spacial score (nSPS) is 23.3. The molecule has 2 heterocycles. The van der Waals surface area contributed by atoms with Gasteiger partial charge in [0.2, 0.25) is 31.8 Å². The van der Waals surface area contributed by atoms with E-state index >= 15 is 0 Å². The topological polar surface area (TPSA) is 228 Å². The zero-order valence-electron chi connectivity index (χ0n) is 18.9. The summed E-state index contributed by atoms with van der Waals surface area (Å²) in [4.78, 5) is 10.8. The van der Waals surface area contributed by atoms with Crippen LogP contribution in [0.3, 0.4) is 0 Å². The van der Waals surface area contributed by atoms with Crippen molar-refractivity contribution in [3.63, 3.8) is 0 Å². The summed E-state index contributed by atoms with van der Waals surface area (Å²) in [7, 11) is -8.80. The van der Waals surface area contributed by atoms with Crippen LogP contribution < -0.4 is 26.2 Å². The van der Waals surface area contributed by atoms with E-state index in [0.717, 1.165) is 12.8 Å². The predicted octanol–water partition coefficient (Wildman–Crippen LogP) is -1.74. The molecule has 1 aliphatic heterocycles. The Hall–Kier alpha value is -2.50. The third-order valence-electron chi connectivity index (χ3n) is 6.34. The molecule has 1 amide bonds. The summed E-state index contributed by atoms with van der Waals surface area (Å²) >= 11 is 0. The van der Waals surface area contributed by atoms with Crippen LogP contribution >= 0.6 is 0 Å². The number of tetrazole rings is 1. The number of carbonyl (C=O) groups is 1. The molecule has 1 aliphatic carbocycles. The van der Waals surface area contributed by atoms with Gasteiger partial charge in [-0.15, -0.1) is 10.2 Å². The van der Waals surface area contributed by atoms with Gasteiger partial charge in [-0.25, -0.2) is 26.7 Å². The Morgan fingerprint density at radius 2 is 1.94 bits per heavy atom. The van der Waals surface area contributed by atoms with Gasteiger partial charge in [-0.1, -0.05) is 12.5 Å². The highest BCUT2D eigenvalue weighted by Gasteiger charge is 2.36. The second-order valence-corrected chi connectivity index (χ2v) is 12.0. The van der Waals surface area contributed by atoms with Gasteiger partial charge in [0, 0.05) is 24.2 Å². The Balaban J connectivity index is 1.84. The Labute approximate surface area is 203 Å². The molecule has 4 rings (SSSR count). The number of carbonyl (C=O) groups excluding carboxylic acids is 1. The van der Waals surface area contributed by atoms with E-state index in [1.165, 1.54) is 6.07 Å². The van der Waals surface area contributed by atoms with Crippen molar-refractivity contribution in [3.8, 4) is 11.4 Å². The van der Waals surface area contributed by atoms with E-state index in [4.69, 9.17) is 10.9 Å². The molecule has 3 atom stereocenters. The molecule has 1 aromatic carbocycles. The lowest BCUT2D eigenvalue weighted by Crippen LogP contribution is -2.41. The maximum atomic E-state index is 13.3. The molecular formula is C19H29N9O5S2. The van der Waals surface area contributed by atoms with Gasteiger partial charge in [-0.3, -0.25) is 4.79 Å². The highest BCUT2D eigenvalue weighted by Crippen LogP contribution is 2.42. The number of hydrogen-bond donors (Lipinski definition) is 6. The van der Waals surface area contributed by atoms with Crippen LogP contribution in [0.25, 0.3) is 11.4 Å². The van der Waals surface area contributed by atoms with Gasteiger partial charge in [-0.2, -0.15) is 5.21 Å². The first-order valence-electron chi connectivity index (χ1n) is 11.3. The Kier molecular flexibility index (Phi) is 7.48. The number of nitrogens with zero attached hydrogens (tertiary/aromatic N) is 3. The molecule has 0 radical (unpaired) electrons. The maximum Gasteiger partial charge on any atom is 0.242 e. The molecule has 16 heteroatoms. The Morgan fingerprint density at radius 3 is 2.57 bits per heavy atom. The number of H-pyrrole nitrogens is 1. The number of sulfonamides is 2. The van der Waals surface area contributed by atoms with Crippen molar-refractivity contribution in [2.45, 2.75) is 59.9 Å². The van der Waals surface area contributed by atoms with Crippen LogP contribution in [-0.2, 0) is 24.8 Å². The molecule has 8 N–H and O–H groups in total. The summed E-state index contributed by atoms with van der Waals surface area (Å²) in [5, 5.41) is 25.2. The predicted molar refractivity (Wildman–Crippen MR) is 125 cm³/mol. The van der Waals surface area contributed by atoms with Crippen LogP contribution in [0.2, 0.25) is 0 Å². The van der Waals surface area contributed by atoms with Gasteiger partial charge in [0.1, 0.15) is 9.79 Å².